The Hall–Kier alpha value is -1.58. The lowest BCUT2D eigenvalue weighted by Gasteiger charge is -2.32. The second kappa shape index (κ2) is 6.46. The Morgan fingerprint density at radius 3 is 2.71 bits per heavy atom. The van der Waals surface area contributed by atoms with Gasteiger partial charge in [0.2, 0.25) is 5.91 Å². The molecule has 1 saturated carbocycles. The number of aromatic nitrogens is 1. The molecule has 0 radical (unpaired) electrons. The molecule has 1 aliphatic carbocycles. The summed E-state index contributed by atoms with van der Waals surface area (Å²) in [6.45, 7) is 4.56. The number of amides is 1. The number of rotatable bonds is 5. The van der Waals surface area contributed by atoms with Crippen LogP contribution < -0.4 is 4.74 Å². The highest BCUT2D eigenvalue weighted by atomic mass is 16.5. The van der Waals surface area contributed by atoms with Gasteiger partial charge < -0.3 is 9.64 Å². The van der Waals surface area contributed by atoms with Gasteiger partial charge in [0, 0.05) is 37.5 Å². The van der Waals surface area contributed by atoms with E-state index in [-0.39, 0.29) is 0 Å². The maximum atomic E-state index is 12.1. The van der Waals surface area contributed by atoms with E-state index < -0.39 is 0 Å². The van der Waals surface area contributed by atoms with E-state index in [1.54, 1.807) is 6.20 Å². The summed E-state index contributed by atoms with van der Waals surface area (Å²) in [6, 6.07) is 1.92. The van der Waals surface area contributed by atoms with Crippen LogP contribution in [0.5, 0.6) is 5.75 Å². The fourth-order valence-corrected chi connectivity index (χ4v) is 2.88. The quantitative estimate of drug-likeness (QED) is 0.836. The van der Waals surface area contributed by atoms with E-state index in [4.69, 9.17) is 4.74 Å². The Morgan fingerprint density at radius 1 is 1.29 bits per heavy atom. The molecule has 4 nitrogen and oxygen atoms in total. The van der Waals surface area contributed by atoms with Crippen molar-refractivity contribution < 1.29 is 9.53 Å². The van der Waals surface area contributed by atoms with Gasteiger partial charge in [0.15, 0.2) is 0 Å². The average Bonchev–Trinajstić information content (AvgIpc) is 3.31. The summed E-state index contributed by atoms with van der Waals surface area (Å²) in [7, 11) is 0. The Bertz CT molecular complexity index is 491. The molecular formula is C17H24N2O2. The maximum absolute atomic E-state index is 12.1. The van der Waals surface area contributed by atoms with Crippen LogP contribution in [0.15, 0.2) is 18.5 Å². The van der Waals surface area contributed by atoms with Gasteiger partial charge >= 0.3 is 0 Å². The highest BCUT2D eigenvalue weighted by molar-refractivity contribution is 5.76. The summed E-state index contributed by atoms with van der Waals surface area (Å²) in [5, 5.41) is 0. The zero-order valence-corrected chi connectivity index (χ0v) is 12.8. The highest BCUT2D eigenvalue weighted by Crippen LogP contribution is 2.33. The van der Waals surface area contributed by atoms with Crippen molar-refractivity contribution in [2.24, 2.45) is 11.8 Å². The van der Waals surface area contributed by atoms with Gasteiger partial charge in [0.05, 0.1) is 6.61 Å². The minimum absolute atomic E-state index is 0.363. The fourth-order valence-electron chi connectivity index (χ4n) is 2.88. The van der Waals surface area contributed by atoms with Crippen molar-refractivity contribution >= 4 is 5.91 Å². The molecule has 1 aliphatic heterocycles. The number of likely N-dealkylation sites (tertiary alicyclic amines) is 1. The van der Waals surface area contributed by atoms with Gasteiger partial charge in [-0.25, -0.2) is 0 Å². The number of piperidine rings is 1. The number of carbonyl (C=O) groups excluding carboxylic acids is 1. The van der Waals surface area contributed by atoms with Gasteiger partial charge in [0.1, 0.15) is 5.75 Å². The molecule has 0 aromatic carbocycles. The lowest BCUT2D eigenvalue weighted by molar-refractivity contribution is -0.133. The first-order chi connectivity index (χ1) is 10.2. The van der Waals surface area contributed by atoms with E-state index in [2.05, 4.69) is 4.98 Å². The van der Waals surface area contributed by atoms with E-state index in [9.17, 15) is 4.79 Å². The van der Waals surface area contributed by atoms with Crippen molar-refractivity contribution in [2.45, 2.75) is 39.0 Å². The molecule has 0 unspecified atom stereocenters. The first-order valence-electron chi connectivity index (χ1n) is 8.03. The number of pyridine rings is 1. The maximum Gasteiger partial charge on any atom is 0.222 e. The van der Waals surface area contributed by atoms with E-state index in [0.29, 0.717) is 17.7 Å². The molecule has 2 aliphatic rings. The van der Waals surface area contributed by atoms with Crippen LogP contribution in [-0.2, 0) is 4.79 Å². The topological polar surface area (TPSA) is 42.4 Å². The van der Waals surface area contributed by atoms with Crippen LogP contribution in [0.25, 0.3) is 0 Å². The largest absolute Gasteiger partial charge is 0.493 e. The molecule has 4 heteroatoms. The number of hydrogen-bond donors (Lipinski definition) is 0. The summed E-state index contributed by atoms with van der Waals surface area (Å²) in [6.07, 6.45) is 8.98. The summed E-state index contributed by atoms with van der Waals surface area (Å²) in [5.41, 5.74) is 1.08. The second-order valence-electron chi connectivity index (χ2n) is 6.42. The minimum Gasteiger partial charge on any atom is -0.493 e. The molecule has 0 N–H and O–H groups in total. The zero-order chi connectivity index (χ0) is 14.7. The lowest BCUT2D eigenvalue weighted by Crippen LogP contribution is -2.39. The van der Waals surface area contributed by atoms with Gasteiger partial charge in [-0.1, -0.05) is 0 Å². The number of ether oxygens (including phenoxy) is 1. The Morgan fingerprint density at radius 2 is 2.05 bits per heavy atom. The van der Waals surface area contributed by atoms with Gasteiger partial charge in [-0.3, -0.25) is 9.78 Å². The van der Waals surface area contributed by atoms with Gasteiger partial charge in [0.25, 0.3) is 0 Å². The predicted molar refractivity (Wildman–Crippen MR) is 81.1 cm³/mol. The second-order valence-corrected chi connectivity index (χ2v) is 6.42. The van der Waals surface area contributed by atoms with Crippen molar-refractivity contribution in [3.63, 3.8) is 0 Å². The molecule has 1 saturated heterocycles. The summed E-state index contributed by atoms with van der Waals surface area (Å²) in [5.74, 6) is 2.54. The average molecular weight is 288 g/mol. The third-order valence-corrected chi connectivity index (χ3v) is 4.57. The molecule has 2 fully saturated rings. The van der Waals surface area contributed by atoms with Crippen LogP contribution in [0, 0.1) is 18.8 Å². The zero-order valence-electron chi connectivity index (χ0n) is 12.8. The third-order valence-electron chi connectivity index (χ3n) is 4.57. The summed E-state index contributed by atoms with van der Waals surface area (Å²) >= 11 is 0. The predicted octanol–water partition coefficient (Wildman–Crippen LogP) is 2.81. The third kappa shape index (κ3) is 3.96. The molecule has 3 rings (SSSR count). The minimum atomic E-state index is 0.363. The number of nitrogens with zero attached hydrogens (tertiary/aromatic N) is 2. The van der Waals surface area contributed by atoms with Crippen LogP contribution >= 0.6 is 0 Å². The highest BCUT2D eigenvalue weighted by Gasteiger charge is 2.29. The smallest absolute Gasteiger partial charge is 0.222 e. The van der Waals surface area contributed by atoms with Crippen LogP contribution in [0.1, 0.15) is 37.7 Å². The molecular weight excluding hydrogens is 264 g/mol. The Kier molecular flexibility index (Phi) is 4.42. The number of aryl methyl sites for hydroxylation is 1. The van der Waals surface area contributed by atoms with Crippen molar-refractivity contribution in [3.8, 4) is 5.75 Å². The van der Waals surface area contributed by atoms with E-state index >= 15 is 0 Å². The molecule has 0 atom stereocenters. The molecule has 0 spiro atoms. The van der Waals surface area contributed by atoms with Crippen molar-refractivity contribution in [3.05, 3.63) is 24.0 Å². The molecule has 2 heterocycles. The van der Waals surface area contributed by atoms with Crippen molar-refractivity contribution in [2.75, 3.05) is 19.7 Å². The number of carbonyl (C=O) groups is 1. The van der Waals surface area contributed by atoms with Crippen LogP contribution in [0.3, 0.4) is 0 Å². The van der Waals surface area contributed by atoms with Crippen molar-refractivity contribution in [1.82, 2.24) is 9.88 Å². The van der Waals surface area contributed by atoms with Crippen LogP contribution in [0.2, 0.25) is 0 Å². The molecule has 21 heavy (non-hydrogen) atoms. The van der Waals surface area contributed by atoms with Gasteiger partial charge in [-0.05, 0) is 50.5 Å². The lowest BCUT2D eigenvalue weighted by atomic mass is 9.97. The Labute approximate surface area is 126 Å². The Balaban J connectivity index is 1.41. The van der Waals surface area contributed by atoms with Gasteiger partial charge in [-0.15, -0.1) is 0 Å². The SMILES string of the molecule is Cc1cnccc1OCC1CCN(C(=O)CC2CC2)CC1. The molecule has 1 aromatic heterocycles. The van der Waals surface area contributed by atoms with Crippen LogP contribution in [0.4, 0.5) is 0 Å². The molecule has 0 bridgehead atoms. The standard InChI is InChI=1S/C17H24N2O2/c1-13-11-18-7-4-16(13)21-12-15-5-8-19(9-6-15)17(20)10-14-2-3-14/h4,7,11,14-15H,2-3,5-6,8-10,12H2,1H3. The van der Waals surface area contributed by atoms with Gasteiger partial charge in [-0.2, -0.15) is 0 Å². The summed E-state index contributed by atoms with van der Waals surface area (Å²) < 4.78 is 5.90. The molecule has 114 valence electrons. The normalized spacial score (nSPS) is 19.6. The first kappa shape index (κ1) is 14.4. The van der Waals surface area contributed by atoms with E-state index in [1.165, 1.54) is 12.8 Å². The van der Waals surface area contributed by atoms with Crippen molar-refractivity contribution in [1.29, 1.82) is 0 Å². The summed E-state index contributed by atoms with van der Waals surface area (Å²) in [4.78, 5) is 18.2. The van der Waals surface area contributed by atoms with Crippen LogP contribution in [-0.4, -0.2) is 35.5 Å². The van der Waals surface area contributed by atoms with E-state index in [1.807, 2.05) is 24.1 Å². The fraction of sp³-hybridized carbons (Fsp3) is 0.647. The number of hydrogen-bond acceptors (Lipinski definition) is 3. The van der Waals surface area contributed by atoms with E-state index in [0.717, 1.165) is 50.3 Å². The molecule has 1 aromatic rings. The molecule has 1 amide bonds. The monoisotopic (exact) mass is 288 g/mol. The first-order valence-corrected chi connectivity index (χ1v) is 8.03.